The number of carbonyl (C=O) groups excluding carboxylic acids is 1. The van der Waals surface area contributed by atoms with Crippen LogP contribution < -0.4 is 5.32 Å². The number of rotatable bonds is 5. The number of anilines is 1. The number of aromatic hydroxyl groups is 1. The minimum Gasteiger partial charge on any atom is -0.505 e. The standard InChI is InChI=1S/C24H15N9O2/c1-25-19-14-29-33(24-27-9-4-10-28-24)22(19)32-31-20-17-6-3-2-5-15(17)13-18(21(20)34)23(35)30-16-7-11-26-12-8-16/h2-14,34H,(H,26,30,35). The van der Waals surface area contributed by atoms with Crippen LogP contribution >= 0.6 is 0 Å². The summed E-state index contributed by atoms with van der Waals surface area (Å²) < 4.78 is 1.27. The zero-order valence-electron chi connectivity index (χ0n) is 17.9. The van der Waals surface area contributed by atoms with Gasteiger partial charge in [0, 0.05) is 35.9 Å². The lowest BCUT2D eigenvalue weighted by Crippen LogP contribution is -2.12. The van der Waals surface area contributed by atoms with E-state index in [4.69, 9.17) is 6.57 Å². The number of amides is 1. The van der Waals surface area contributed by atoms with Gasteiger partial charge in [-0.1, -0.05) is 24.3 Å². The van der Waals surface area contributed by atoms with E-state index in [1.54, 1.807) is 54.9 Å². The highest BCUT2D eigenvalue weighted by Crippen LogP contribution is 2.40. The van der Waals surface area contributed by atoms with E-state index >= 15 is 0 Å². The maximum absolute atomic E-state index is 13.0. The van der Waals surface area contributed by atoms with Gasteiger partial charge in [-0.3, -0.25) is 9.78 Å². The number of phenolic OH excluding ortho intramolecular Hbond substituents is 1. The summed E-state index contributed by atoms with van der Waals surface area (Å²) in [5.74, 6) is -0.594. The van der Waals surface area contributed by atoms with Gasteiger partial charge in [-0.15, -0.1) is 10.2 Å². The van der Waals surface area contributed by atoms with Crippen LogP contribution in [0.15, 0.2) is 89.7 Å². The molecule has 0 saturated heterocycles. The molecule has 0 spiro atoms. The lowest BCUT2D eigenvalue weighted by molar-refractivity contribution is 0.102. The van der Waals surface area contributed by atoms with Crippen molar-refractivity contribution in [2.24, 2.45) is 10.2 Å². The van der Waals surface area contributed by atoms with Crippen LogP contribution in [0.2, 0.25) is 0 Å². The SMILES string of the molecule is [C-]#[N+]c1cnn(-c2ncccn2)c1N=Nc1c(O)c(C(=O)Nc2ccncc2)cc2ccccc12. The highest BCUT2D eigenvalue weighted by atomic mass is 16.3. The van der Waals surface area contributed by atoms with Gasteiger partial charge in [0.2, 0.25) is 0 Å². The van der Waals surface area contributed by atoms with Gasteiger partial charge in [-0.2, -0.15) is 9.78 Å². The predicted molar refractivity (Wildman–Crippen MR) is 127 cm³/mol. The zero-order valence-corrected chi connectivity index (χ0v) is 17.9. The summed E-state index contributed by atoms with van der Waals surface area (Å²) in [6, 6.07) is 13.6. The Morgan fingerprint density at radius 2 is 1.80 bits per heavy atom. The average Bonchev–Trinajstić information content (AvgIpc) is 3.32. The molecule has 2 N–H and O–H groups in total. The fourth-order valence-electron chi connectivity index (χ4n) is 3.38. The summed E-state index contributed by atoms with van der Waals surface area (Å²) in [5, 5.41) is 27.6. The van der Waals surface area contributed by atoms with E-state index in [0.717, 1.165) is 0 Å². The number of nitrogens with one attached hydrogen (secondary N) is 1. The first-order valence-electron chi connectivity index (χ1n) is 10.3. The van der Waals surface area contributed by atoms with Crippen LogP contribution in [0.25, 0.3) is 21.6 Å². The van der Waals surface area contributed by atoms with Crippen molar-refractivity contribution in [3.8, 4) is 11.7 Å². The Morgan fingerprint density at radius 3 is 2.57 bits per heavy atom. The maximum atomic E-state index is 13.0. The molecule has 0 aliphatic heterocycles. The Morgan fingerprint density at radius 1 is 1.03 bits per heavy atom. The number of fused-ring (bicyclic) bond motifs is 1. The fourth-order valence-corrected chi connectivity index (χ4v) is 3.38. The number of benzene rings is 2. The molecule has 168 valence electrons. The van der Waals surface area contributed by atoms with Gasteiger partial charge < -0.3 is 10.4 Å². The van der Waals surface area contributed by atoms with Gasteiger partial charge in [-0.05, 0) is 29.7 Å². The second-order valence-corrected chi connectivity index (χ2v) is 7.16. The van der Waals surface area contributed by atoms with Crippen molar-refractivity contribution in [1.82, 2.24) is 24.7 Å². The van der Waals surface area contributed by atoms with Crippen molar-refractivity contribution in [2.45, 2.75) is 0 Å². The molecule has 0 unspecified atom stereocenters. The second kappa shape index (κ2) is 9.16. The van der Waals surface area contributed by atoms with Crippen molar-refractivity contribution < 1.29 is 9.90 Å². The quantitative estimate of drug-likeness (QED) is 0.275. The molecule has 0 bridgehead atoms. The molecule has 1 amide bonds. The Kier molecular flexibility index (Phi) is 5.59. The van der Waals surface area contributed by atoms with E-state index < -0.39 is 5.91 Å². The van der Waals surface area contributed by atoms with E-state index in [2.05, 4.69) is 40.4 Å². The summed E-state index contributed by atoms with van der Waals surface area (Å²) in [4.78, 5) is 28.6. The van der Waals surface area contributed by atoms with Crippen LogP contribution in [0.4, 0.5) is 22.9 Å². The topological polar surface area (TPSA) is 135 Å². The number of carbonyl (C=O) groups is 1. The number of hydrogen-bond donors (Lipinski definition) is 2. The van der Waals surface area contributed by atoms with Crippen molar-refractivity contribution in [2.75, 3.05) is 5.32 Å². The van der Waals surface area contributed by atoms with Gasteiger partial charge in [0.05, 0.1) is 18.3 Å². The van der Waals surface area contributed by atoms with Crippen LogP contribution in [0.5, 0.6) is 5.75 Å². The second-order valence-electron chi connectivity index (χ2n) is 7.16. The number of aromatic nitrogens is 5. The van der Waals surface area contributed by atoms with Crippen LogP contribution in [0.1, 0.15) is 10.4 Å². The summed E-state index contributed by atoms with van der Waals surface area (Å²) in [7, 11) is 0. The van der Waals surface area contributed by atoms with E-state index in [1.165, 1.54) is 23.3 Å². The molecular formula is C24H15N9O2. The average molecular weight is 461 g/mol. The first kappa shape index (κ1) is 21.4. The highest BCUT2D eigenvalue weighted by molar-refractivity contribution is 6.11. The van der Waals surface area contributed by atoms with Crippen LogP contribution in [0.3, 0.4) is 0 Å². The molecule has 0 saturated carbocycles. The van der Waals surface area contributed by atoms with E-state index in [9.17, 15) is 9.90 Å². The van der Waals surface area contributed by atoms with Crippen molar-refractivity contribution >= 4 is 39.6 Å². The maximum Gasteiger partial charge on any atom is 0.259 e. The Hall–Kier alpha value is -5.50. The molecule has 5 aromatic rings. The van der Waals surface area contributed by atoms with Crippen molar-refractivity contribution in [3.63, 3.8) is 0 Å². The molecular weight excluding hydrogens is 446 g/mol. The van der Waals surface area contributed by atoms with Gasteiger partial charge in [0.25, 0.3) is 17.5 Å². The summed E-state index contributed by atoms with van der Waals surface area (Å²) in [6.45, 7) is 7.44. The van der Waals surface area contributed by atoms with Crippen molar-refractivity contribution in [1.29, 1.82) is 0 Å². The molecule has 3 aromatic heterocycles. The normalized spacial score (nSPS) is 10.9. The summed E-state index contributed by atoms with van der Waals surface area (Å²) in [5.41, 5.74) is 0.728. The van der Waals surface area contributed by atoms with Gasteiger partial charge in [0.1, 0.15) is 5.69 Å². The molecule has 2 aromatic carbocycles. The fraction of sp³-hybridized carbons (Fsp3) is 0. The number of hydrogen-bond acceptors (Lipinski definition) is 8. The van der Waals surface area contributed by atoms with Crippen molar-refractivity contribution in [3.05, 3.63) is 96.5 Å². The molecule has 0 aliphatic rings. The lowest BCUT2D eigenvalue weighted by Gasteiger charge is -2.11. The molecule has 0 radical (unpaired) electrons. The minimum atomic E-state index is -0.527. The number of phenols is 1. The van der Waals surface area contributed by atoms with Crippen LogP contribution in [0, 0.1) is 6.57 Å². The zero-order chi connectivity index (χ0) is 24.2. The molecule has 35 heavy (non-hydrogen) atoms. The smallest absolute Gasteiger partial charge is 0.259 e. The molecule has 0 atom stereocenters. The largest absolute Gasteiger partial charge is 0.505 e. The number of pyridine rings is 1. The molecule has 11 heteroatoms. The molecule has 0 aliphatic carbocycles. The number of nitrogens with zero attached hydrogens (tertiary/aromatic N) is 8. The van der Waals surface area contributed by atoms with Gasteiger partial charge in [0.15, 0.2) is 11.6 Å². The van der Waals surface area contributed by atoms with Gasteiger partial charge in [-0.25, -0.2) is 14.8 Å². The predicted octanol–water partition coefficient (Wildman–Crippen LogP) is 5.13. The molecule has 11 nitrogen and oxygen atoms in total. The third-order valence-corrected chi connectivity index (χ3v) is 5.01. The van der Waals surface area contributed by atoms with E-state index in [1.807, 2.05) is 6.07 Å². The summed E-state index contributed by atoms with van der Waals surface area (Å²) >= 11 is 0. The van der Waals surface area contributed by atoms with Crippen LogP contribution in [-0.4, -0.2) is 35.7 Å². The first-order chi connectivity index (χ1) is 17.2. The molecule has 0 fully saturated rings. The summed E-state index contributed by atoms with van der Waals surface area (Å²) in [6.07, 6.45) is 7.49. The Labute approximate surface area is 198 Å². The lowest BCUT2D eigenvalue weighted by atomic mass is 10.0. The van der Waals surface area contributed by atoms with Gasteiger partial charge >= 0.3 is 0 Å². The minimum absolute atomic E-state index is 0.0137. The highest BCUT2D eigenvalue weighted by Gasteiger charge is 2.20. The first-order valence-corrected chi connectivity index (χ1v) is 10.3. The number of azo groups is 1. The molecule has 5 rings (SSSR count). The van der Waals surface area contributed by atoms with E-state index in [-0.39, 0.29) is 34.5 Å². The Balaban J connectivity index is 1.61. The monoisotopic (exact) mass is 461 g/mol. The van der Waals surface area contributed by atoms with Crippen LogP contribution in [-0.2, 0) is 0 Å². The third-order valence-electron chi connectivity index (χ3n) is 5.01. The van der Waals surface area contributed by atoms with E-state index in [0.29, 0.717) is 16.5 Å². The Bertz CT molecular complexity index is 1610. The third kappa shape index (κ3) is 4.14. The molecule has 3 heterocycles.